The Hall–Kier alpha value is -1.02. The lowest BCUT2D eigenvalue weighted by Crippen LogP contribution is -2.34. The summed E-state index contributed by atoms with van der Waals surface area (Å²) in [6.45, 7) is 5.72. The van der Waals surface area contributed by atoms with Crippen molar-refractivity contribution in [3.63, 3.8) is 0 Å². The zero-order valence-electron chi connectivity index (χ0n) is 11.8. The number of hydrogen-bond acceptors (Lipinski definition) is 2. The number of benzene rings is 1. The zero-order valence-corrected chi connectivity index (χ0v) is 11.8. The lowest BCUT2D eigenvalue weighted by molar-refractivity contribution is 0.414. The Morgan fingerprint density at radius 1 is 1.33 bits per heavy atom. The molecule has 0 saturated heterocycles. The molecule has 1 aromatic rings. The molecule has 0 aromatic heterocycles. The first-order valence-corrected chi connectivity index (χ1v) is 7.11. The molecule has 3 atom stereocenters. The molecule has 0 radical (unpaired) electrons. The van der Waals surface area contributed by atoms with Gasteiger partial charge in [-0.3, -0.25) is 0 Å². The molecular formula is C16H25NO. The van der Waals surface area contributed by atoms with E-state index >= 15 is 0 Å². The molecule has 0 amide bonds. The topological polar surface area (TPSA) is 21.3 Å². The Labute approximate surface area is 111 Å². The van der Waals surface area contributed by atoms with E-state index in [1.807, 2.05) is 0 Å². The Morgan fingerprint density at radius 3 is 2.50 bits per heavy atom. The average molecular weight is 247 g/mol. The highest BCUT2D eigenvalue weighted by molar-refractivity contribution is 5.28. The van der Waals surface area contributed by atoms with Crippen LogP contribution in [0.5, 0.6) is 5.75 Å². The number of nitrogens with one attached hydrogen (secondary N) is 1. The standard InChI is InChI=1S/C16H25NO/c1-4-9-17-16(15-10-12(15)2)11-13-5-7-14(18-3)8-6-13/h5-8,12,15-17H,4,9-11H2,1-3H3. The first kappa shape index (κ1) is 13.4. The Balaban J connectivity index is 1.94. The van der Waals surface area contributed by atoms with Crippen LogP contribution in [0.2, 0.25) is 0 Å². The lowest BCUT2D eigenvalue weighted by atomic mass is 10.0. The van der Waals surface area contributed by atoms with Crippen LogP contribution in [0.15, 0.2) is 24.3 Å². The van der Waals surface area contributed by atoms with Crippen molar-refractivity contribution in [1.82, 2.24) is 5.32 Å². The molecule has 1 fully saturated rings. The highest BCUT2D eigenvalue weighted by atomic mass is 16.5. The van der Waals surface area contributed by atoms with Gasteiger partial charge in [0.25, 0.3) is 0 Å². The first-order valence-electron chi connectivity index (χ1n) is 7.11. The molecule has 1 N–H and O–H groups in total. The van der Waals surface area contributed by atoms with Crippen LogP contribution in [0.1, 0.15) is 32.3 Å². The fourth-order valence-corrected chi connectivity index (χ4v) is 2.63. The van der Waals surface area contributed by atoms with Gasteiger partial charge in [0.2, 0.25) is 0 Å². The van der Waals surface area contributed by atoms with E-state index in [2.05, 4.69) is 43.4 Å². The van der Waals surface area contributed by atoms with Gasteiger partial charge >= 0.3 is 0 Å². The van der Waals surface area contributed by atoms with E-state index in [4.69, 9.17) is 4.74 Å². The Bertz CT molecular complexity index is 360. The van der Waals surface area contributed by atoms with E-state index in [0.717, 1.165) is 30.6 Å². The van der Waals surface area contributed by atoms with Gasteiger partial charge in [0.1, 0.15) is 5.75 Å². The molecular weight excluding hydrogens is 222 g/mol. The summed E-state index contributed by atoms with van der Waals surface area (Å²) in [7, 11) is 1.71. The minimum absolute atomic E-state index is 0.647. The Kier molecular flexibility index (Phi) is 4.65. The van der Waals surface area contributed by atoms with Gasteiger partial charge in [0.15, 0.2) is 0 Å². The SMILES string of the molecule is CCCNC(Cc1ccc(OC)cc1)C1CC1C. The fraction of sp³-hybridized carbons (Fsp3) is 0.625. The van der Waals surface area contributed by atoms with Crippen molar-refractivity contribution in [2.24, 2.45) is 11.8 Å². The summed E-state index contributed by atoms with van der Waals surface area (Å²) in [6.07, 6.45) is 3.73. The van der Waals surface area contributed by atoms with E-state index in [1.165, 1.54) is 18.4 Å². The third-order valence-electron chi connectivity index (χ3n) is 3.96. The second-order valence-electron chi connectivity index (χ2n) is 5.49. The molecule has 2 rings (SSSR count). The van der Waals surface area contributed by atoms with Gasteiger partial charge in [-0.1, -0.05) is 26.0 Å². The summed E-state index contributed by atoms with van der Waals surface area (Å²) in [5.74, 6) is 2.72. The van der Waals surface area contributed by atoms with E-state index in [-0.39, 0.29) is 0 Å². The highest BCUT2D eigenvalue weighted by Gasteiger charge is 2.38. The van der Waals surface area contributed by atoms with Crippen LogP contribution in [-0.2, 0) is 6.42 Å². The summed E-state index contributed by atoms with van der Waals surface area (Å²) in [4.78, 5) is 0. The predicted octanol–water partition coefficient (Wildman–Crippen LogP) is 3.26. The van der Waals surface area contributed by atoms with E-state index in [1.54, 1.807) is 7.11 Å². The average Bonchev–Trinajstić information content (AvgIpc) is 3.12. The molecule has 3 unspecified atom stereocenters. The normalized spacial score (nSPS) is 23.7. The lowest BCUT2D eigenvalue weighted by Gasteiger charge is -2.18. The maximum Gasteiger partial charge on any atom is 0.118 e. The number of ether oxygens (including phenoxy) is 1. The van der Waals surface area contributed by atoms with Gasteiger partial charge < -0.3 is 10.1 Å². The second kappa shape index (κ2) is 6.24. The molecule has 1 aromatic carbocycles. The monoisotopic (exact) mass is 247 g/mol. The molecule has 0 spiro atoms. The first-order chi connectivity index (χ1) is 8.74. The smallest absolute Gasteiger partial charge is 0.118 e. The number of methoxy groups -OCH3 is 1. The minimum atomic E-state index is 0.647. The van der Waals surface area contributed by atoms with Gasteiger partial charge in [0, 0.05) is 6.04 Å². The van der Waals surface area contributed by atoms with E-state index in [9.17, 15) is 0 Å². The Morgan fingerprint density at radius 2 is 2.00 bits per heavy atom. The molecule has 2 heteroatoms. The maximum absolute atomic E-state index is 5.20. The maximum atomic E-state index is 5.20. The third kappa shape index (κ3) is 3.49. The van der Waals surface area contributed by atoms with Gasteiger partial charge in [-0.15, -0.1) is 0 Å². The summed E-state index contributed by atoms with van der Waals surface area (Å²) in [6, 6.07) is 9.14. The van der Waals surface area contributed by atoms with Gasteiger partial charge in [-0.2, -0.15) is 0 Å². The minimum Gasteiger partial charge on any atom is -0.497 e. The van der Waals surface area contributed by atoms with Crippen LogP contribution in [0.25, 0.3) is 0 Å². The third-order valence-corrected chi connectivity index (χ3v) is 3.96. The molecule has 0 aliphatic heterocycles. The molecule has 100 valence electrons. The van der Waals surface area contributed by atoms with E-state index < -0.39 is 0 Å². The van der Waals surface area contributed by atoms with Crippen LogP contribution in [0.3, 0.4) is 0 Å². The summed E-state index contributed by atoms with van der Waals surface area (Å²) >= 11 is 0. The van der Waals surface area contributed by atoms with Crippen LogP contribution >= 0.6 is 0 Å². The molecule has 18 heavy (non-hydrogen) atoms. The van der Waals surface area contributed by atoms with Crippen LogP contribution < -0.4 is 10.1 Å². The fourth-order valence-electron chi connectivity index (χ4n) is 2.63. The van der Waals surface area contributed by atoms with Crippen LogP contribution in [0, 0.1) is 11.8 Å². The summed E-state index contributed by atoms with van der Waals surface area (Å²) in [5, 5.41) is 3.71. The number of hydrogen-bond donors (Lipinski definition) is 1. The van der Waals surface area contributed by atoms with Crippen molar-refractivity contribution < 1.29 is 4.74 Å². The van der Waals surface area contributed by atoms with Crippen molar-refractivity contribution in [3.8, 4) is 5.75 Å². The molecule has 2 nitrogen and oxygen atoms in total. The molecule has 1 aliphatic rings. The largest absolute Gasteiger partial charge is 0.497 e. The van der Waals surface area contributed by atoms with Crippen LogP contribution in [-0.4, -0.2) is 19.7 Å². The van der Waals surface area contributed by atoms with Gasteiger partial charge in [-0.25, -0.2) is 0 Å². The molecule has 1 aliphatic carbocycles. The van der Waals surface area contributed by atoms with Gasteiger partial charge in [-0.05, 0) is 55.3 Å². The zero-order chi connectivity index (χ0) is 13.0. The van der Waals surface area contributed by atoms with Crippen molar-refractivity contribution in [2.45, 2.75) is 39.2 Å². The summed E-state index contributed by atoms with van der Waals surface area (Å²) in [5.41, 5.74) is 1.41. The van der Waals surface area contributed by atoms with Crippen molar-refractivity contribution in [3.05, 3.63) is 29.8 Å². The number of rotatable bonds is 7. The predicted molar refractivity (Wildman–Crippen MR) is 76.1 cm³/mol. The van der Waals surface area contributed by atoms with Crippen molar-refractivity contribution in [2.75, 3.05) is 13.7 Å². The van der Waals surface area contributed by atoms with Crippen LogP contribution in [0.4, 0.5) is 0 Å². The van der Waals surface area contributed by atoms with Crippen molar-refractivity contribution >= 4 is 0 Å². The quantitative estimate of drug-likeness (QED) is 0.798. The molecule has 0 heterocycles. The second-order valence-corrected chi connectivity index (χ2v) is 5.49. The highest BCUT2D eigenvalue weighted by Crippen LogP contribution is 2.41. The molecule has 1 saturated carbocycles. The van der Waals surface area contributed by atoms with Crippen molar-refractivity contribution in [1.29, 1.82) is 0 Å². The van der Waals surface area contributed by atoms with Gasteiger partial charge in [0.05, 0.1) is 7.11 Å². The van der Waals surface area contributed by atoms with E-state index in [0.29, 0.717) is 6.04 Å². The molecule has 0 bridgehead atoms. The summed E-state index contributed by atoms with van der Waals surface area (Å²) < 4.78 is 5.20.